The van der Waals surface area contributed by atoms with Gasteiger partial charge in [-0.3, -0.25) is 4.99 Å². The number of allylic oxidation sites excluding steroid dienone is 2. The molecule has 18 heavy (non-hydrogen) atoms. The molecule has 1 N–H and O–H groups in total. The van der Waals surface area contributed by atoms with Crippen LogP contribution in [0.2, 0.25) is 0 Å². The molecule has 0 aromatic heterocycles. The lowest BCUT2D eigenvalue weighted by molar-refractivity contribution is 1.11. The maximum atomic E-state index is 4.36. The highest BCUT2D eigenvalue weighted by Gasteiger charge is 2.13. The van der Waals surface area contributed by atoms with Crippen molar-refractivity contribution in [1.82, 2.24) is 0 Å². The Bertz CT molecular complexity index is 736. The molecule has 0 fully saturated rings. The summed E-state index contributed by atoms with van der Waals surface area (Å²) < 4.78 is 0. The van der Waals surface area contributed by atoms with Gasteiger partial charge in [0.2, 0.25) is 0 Å². The van der Waals surface area contributed by atoms with E-state index in [1.807, 2.05) is 18.5 Å². The van der Waals surface area contributed by atoms with Gasteiger partial charge in [0.1, 0.15) is 0 Å². The van der Waals surface area contributed by atoms with Crippen LogP contribution in [-0.2, 0) is 6.54 Å². The maximum absolute atomic E-state index is 4.36. The molecule has 2 aliphatic rings. The number of hydrogen-bond acceptors (Lipinski definition) is 2. The van der Waals surface area contributed by atoms with E-state index in [4.69, 9.17) is 0 Å². The Labute approximate surface area is 105 Å². The molecule has 0 unspecified atom stereocenters. The summed E-state index contributed by atoms with van der Waals surface area (Å²) in [6.07, 6.45) is 10.2. The van der Waals surface area contributed by atoms with Gasteiger partial charge in [-0.15, -0.1) is 0 Å². The molecule has 86 valence electrons. The van der Waals surface area contributed by atoms with Crippen molar-refractivity contribution in [3.05, 3.63) is 59.3 Å². The van der Waals surface area contributed by atoms with E-state index in [1.54, 1.807) is 0 Å². The minimum absolute atomic E-state index is 0.815. The number of anilines is 1. The molecule has 4 rings (SSSR count). The highest BCUT2D eigenvalue weighted by atomic mass is 14.8. The van der Waals surface area contributed by atoms with Crippen LogP contribution in [0.5, 0.6) is 0 Å². The van der Waals surface area contributed by atoms with Crippen molar-refractivity contribution >= 4 is 28.8 Å². The summed E-state index contributed by atoms with van der Waals surface area (Å²) in [5.74, 6) is 0. The standard InChI is InChI=1S/C16H12N2/c1-2-8-18-16-11(3-1)4-6-13-14(16)7-5-12-9-17-10-15(12)13/h1-8,10,18H,9H2. The normalized spacial score (nSPS) is 15.3. The summed E-state index contributed by atoms with van der Waals surface area (Å²) in [5, 5.41) is 5.91. The molecule has 2 heterocycles. The molecule has 0 saturated heterocycles. The third kappa shape index (κ3) is 1.26. The van der Waals surface area contributed by atoms with E-state index in [9.17, 15) is 0 Å². The highest BCUT2D eigenvalue weighted by Crippen LogP contribution is 2.33. The Morgan fingerprint density at radius 2 is 1.94 bits per heavy atom. The number of hydrogen-bond donors (Lipinski definition) is 1. The smallest absolute Gasteiger partial charge is 0.0646 e. The average Bonchev–Trinajstić information content (AvgIpc) is 2.75. The quantitative estimate of drug-likeness (QED) is 0.735. The van der Waals surface area contributed by atoms with Crippen LogP contribution >= 0.6 is 0 Å². The fraction of sp³-hybridized carbons (Fsp3) is 0.0625. The van der Waals surface area contributed by atoms with E-state index >= 15 is 0 Å². The molecule has 2 aromatic rings. The first-order valence-corrected chi connectivity index (χ1v) is 6.12. The van der Waals surface area contributed by atoms with Crippen LogP contribution in [0.4, 0.5) is 5.69 Å². The Balaban J connectivity index is 2.10. The molecule has 0 spiro atoms. The molecule has 2 aromatic carbocycles. The van der Waals surface area contributed by atoms with Crippen LogP contribution in [0.25, 0.3) is 16.8 Å². The van der Waals surface area contributed by atoms with Crippen LogP contribution in [-0.4, -0.2) is 6.21 Å². The van der Waals surface area contributed by atoms with E-state index in [2.05, 4.69) is 46.7 Å². The zero-order valence-electron chi connectivity index (χ0n) is 9.85. The lowest BCUT2D eigenvalue weighted by Crippen LogP contribution is -1.94. The van der Waals surface area contributed by atoms with E-state index in [0.29, 0.717) is 0 Å². The van der Waals surface area contributed by atoms with Gasteiger partial charge in [-0.2, -0.15) is 0 Å². The first-order chi connectivity index (χ1) is 8.93. The van der Waals surface area contributed by atoms with Crippen molar-refractivity contribution in [3.8, 4) is 0 Å². The molecule has 2 heteroatoms. The largest absolute Gasteiger partial charge is 0.361 e. The van der Waals surface area contributed by atoms with E-state index < -0.39 is 0 Å². The third-order valence-electron chi connectivity index (χ3n) is 3.56. The van der Waals surface area contributed by atoms with Crippen LogP contribution in [0.15, 0.2) is 47.6 Å². The van der Waals surface area contributed by atoms with Gasteiger partial charge < -0.3 is 5.32 Å². The third-order valence-corrected chi connectivity index (χ3v) is 3.56. The zero-order chi connectivity index (χ0) is 11.9. The minimum atomic E-state index is 0.815. The lowest BCUT2D eigenvalue weighted by Gasteiger charge is -2.11. The predicted molar refractivity (Wildman–Crippen MR) is 77.0 cm³/mol. The second-order valence-corrected chi connectivity index (χ2v) is 4.60. The fourth-order valence-corrected chi connectivity index (χ4v) is 2.66. The second-order valence-electron chi connectivity index (χ2n) is 4.60. The lowest BCUT2D eigenvalue weighted by atomic mass is 9.97. The fourth-order valence-electron chi connectivity index (χ4n) is 2.66. The Kier molecular flexibility index (Phi) is 1.92. The van der Waals surface area contributed by atoms with Gasteiger partial charge in [-0.1, -0.05) is 36.4 Å². The van der Waals surface area contributed by atoms with E-state index in [-0.39, 0.29) is 0 Å². The molecule has 0 amide bonds. The Morgan fingerprint density at radius 1 is 1.00 bits per heavy atom. The summed E-state index contributed by atoms with van der Waals surface area (Å²) in [7, 11) is 0. The predicted octanol–water partition coefficient (Wildman–Crippen LogP) is 3.72. The molecule has 0 aliphatic carbocycles. The summed E-state index contributed by atoms with van der Waals surface area (Å²) in [6.45, 7) is 0.815. The van der Waals surface area contributed by atoms with Crippen LogP contribution in [0.1, 0.15) is 16.7 Å². The van der Waals surface area contributed by atoms with Crippen LogP contribution < -0.4 is 5.32 Å². The number of nitrogens with one attached hydrogen (secondary N) is 1. The number of aliphatic imine (C=N–C) groups is 1. The van der Waals surface area contributed by atoms with Gasteiger partial charge in [0.05, 0.1) is 12.2 Å². The number of benzene rings is 2. The number of fused-ring (bicyclic) bond motifs is 5. The van der Waals surface area contributed by atoms with Gasteiger partial charge in [-0.05, 0) is 22.6 Å². The number of rotatable bonds is 0. The van der Waals surface area contributed by atoms with E-state index in [1.165, 1.54) is 33.2 Å². The van der Waals surface area contributed by atoms with Gasteiger partial charge >= 0.3 is 0 Å². The summed E-state index contributed by atoms with van der Waals surface area (Å²) >= 11 is 0. The first kappa shape index (κ1) is 9.66. The molecule has 2 aliphatic heterocycles. The zero-order valence-corrected chi connectivity index (χ0v) is 9.85. The molecule has 0 radical (unpaired) electrons. The van der Waals surface area contributed by atoms with Crippen molar-refractivity contribution < 1.29 is 0 Å². The Morgan fingerprint density at radius 3 is 2.94 bits per heavy atom. The SMILES string of the molecule is C1=CNc2c(ccc3c4c(ccc23)CN=C4)C=C1. The molecular weight excluding hydrogens is 220 g/mol. The molecule has 0 bridgehead atoms. The number of nitrogens with zero attached hydrogens (tertiary/aromatic N) is 1. The second kappa shape index (κ2) is 3.57. The van der Waals surface area contributed by atoms with Crippen molar-refractivity contribution in [2.45, 2.75) is 6.54 Å². The summed E-state index contributed by atoms with van der Waals surface area (Å²) in [6, 6.07) is 8.74. The molecular formula is C16H12N2. The van der Waals surface area contributed by atoms with Crippen molar-refractivity contribution in [3.63, 3.8) is 0 Å². The van der Waals surface area contributed by atoms with Crippen molar-refractivity contribution in [1.29, 1.82) is 0 Å². The highest BCUT2D eigenvalue weighted by molar-refractivity contribution is 6.08. The van der Waals surface area contributed by atoms with Crippen LogP contribution in [0, 0.1) is 0 Å². The molecule has 0 atom stereocenters. The summed E-state index contributed by atoms with van der Waals surface area (Å²) in [5.41, 5.74) is 5.00. The van der Waals surface area contributed by atoms with Crippen molar-refractivity contribution in [2.75, 3.05) is 5.32 Å². The first-order valence-electron chi connectivity index (χ1n) is 6.12. The van der Waals surface area contributed by atoms with Gasteiger partial charge in [-0.25, -0.2) is 0 Å². The monoisotopic (exact) mass is 232 g/mol. The van der Waals surface area contributed by atoms with Crippen molar-refractivity contribution in [2.24, 2.45) is 4.99 Å². The van der Waals surface area contributed by atoms with Gasteiger partial charge in [0.15, 0.2) is 0 Å². The Hall–Kier alpha value is -2.35. The average molecular weight is 232 g/mol. The summed E-state index contributed by atoms with van der Waals surface area (Å²) in [4.78, 5) is 4.36. The molecule has 0 saturated carbocycles. The van der Waals surface area contributed by atoms with Crippen LogP contribution in [0.3, 0.4) is 0 Å². The minimum Gasteiger partial charge on any atom is -0.361 e. The maximum Gasteiger partial charge on any atom is 0.0646 e. The van der Waals surface area contributed by atoms with Gasteiger partial charge in [0.25, 0.3) is 0 Å². The topological polar surface area (TPSA) is 24.4 Å². The van der Waals surface area contributed by atoms with Gasteiger partial charge in [0, 0.05) is 23.4 Å². The molecule has 2 nitrogen and oxygen atoms in total. The van der Waals surface area contributed by atoms with E-state index in [0.717, 1.165) is 6.54 Å².